The van der Waals surface area contributed by atoms with Crippen LogP contribution in [0.5, 0.6) is 11.5 Å². The molecule has 3 nitrogen and oxygen atoms in total. The van der Waals surface area contributed by atoms with Crippen LogP contribution in [0.4, 0.5) is 0 Å². The van der Waals surface area contributed by atoms with E-state index in [0.717, 1.165) is 24.2 Å². The first-order valence-corrected chi connectivity index (χ1v) is 6.85. The molecule has 1 aliphatic carbocycles. The Balaban J connectivity index is 2.13. The molecule has 4 heteroatoms. The molecule has 0 radical (unpaired) electrons. The number of fused-ring (bicyclic) bond motifs is 1. The van der Waals surface area contributed by atoms with Crippen LogP contribution in [-0.4, -0.2) is 19.8 Å². The molecule has 1 aromatic carbocycles. The number of rotatable bonds is 2. The van der Waals surface area contributed by atoms with E-state index >= 15 is 0 Å². The number of hydrogen-bond donors (Lipinski definition) is 1. The Morgan fingerprint density at radius 3 is 2.50 bits per heavy atom. The van der Waals surface area contributed by atoms with E-state index in [2.05, 4.69) is 6.92 Å². The predicted octanol–water partition coefficient (Wildman–Crippen LogP) is 2.80. The Labute approximate surface area is 112 Å². The fraction of sp³-hybridized carbons (Fsp3) is 0.571. The number of halogens is 1. The van der Waals surface area contributed by atoms with Crippen molar-refractivity contribution in [2.75, 3.05) is 19.8 Å². The van der Waals surface area contributed by atoms with Gasteiger partial charge < -0.3 is 15.2 Å². The van der Waals surface area contributed by atoms with Crippen molar-refractivity contribution >= 4 is 11.6 Å². The van der Waals surface area contributed by atoms with Crippen LogP contribution >= 0.6 is 11.6 Å². The first-order valence-electron chi connectivity index (χ1n) is 6.47. The molecule has 1 aromatic rings. The van der Waals surface area contributed by atoms with Gasteiger partial charge in [0.25, 0.3) is 0 Å². The highest BCUT2D eigenvalue weighted by atomic mass is 35.5. The summed E-state index contributed by atoms with van der Waals surface area (Å²) in [6, 6.07) is 2.02. The molecule has 1 fully saturated rings. The molecule has 0 spiro atoms. The van der Waals surface area contributed by atoms with Gasteiger partial charge in [0.15, 0.2) is 11.5 Å². The van der Waals surface area contributed by atoms with Crippen LogP contribution < -0.4 is 15.2 Å². The molecule has 18 heavy (non-hydrogen) atoms. The minimum atomic E-state index is 0.101. The van der Waals surface area contributed by atoms with Gasteiger partial charge >= 0.3 is 0 Å². The summed E-state index contributed by atoms with van der Waals surface area (Å²) in [7, 11) is 0. The molecular weight excluding hydrogens is 250 g/mol. The van der Waals surface area contributed by atoms with Crippen molar-refractivity contribution in [2.45, 2.75) is 31.6 Å². The monoisotopic (exact) mass is 267 g/mol. The molecule has 0 aromatic heterocycles. The van der Waals surface area contributed by atoms with Gasteiger partial charge in [-0.2, -0.15) is 0 Å². The number of hydrogen-bond acceptors (Lipinski definition) is 3. The van der Waals surface area contributed by atoms with Crippen molar-refractivity contribution in [1.29, 1.82) is 0 Å². The molecule has 0 atom stereocenters. The molecule has 1 saturated carbocycles. The first-order chi connectivity index (χ1) is 8.68. The maximum absolute atomic E-state index is 6.32. The highest BCUT2D eigenvalue weighted by molar-refractivity contribution is 6.32. The summed E-state index contributed by atoms with van der Waals surface area (Å²) in [5.41, 5.74) is 8.46. The SMILES string of the molecule is Cc1c(C2(CN)CCC2)cc(Cl)c2c1OCCO2. The lowest BCUT2D eigenvalue weighted by atomic mass is 9.63. The molecule has 0 saturated heterocycles. The summed E-state index contributed by atoms with van der Waals surface area (Å²) >= 11 is 6.32. The zero-order chi connectivity index (χ0) is 12.8. The fourth-order valence-corrected chi connectivity index (χ4v) is 3.28. The Bertz CT molecular complexity index is 478. The normalized spacial score (nSPS) is 20.4. The number of benzene rings is 1. The molecule has 3 rings (SSSR count). The number of ether oxygens (including phenoxy) is 2. The van der Waals surface area contributed by atoms with E-state index in [-0.39, 0.29) is 5.41 Å². The zero-order valence-electron chi connectivity index (χ0n) is 10.6. The van der Waals surface area contributed by atoms with Crippen LogP contribution in [0, 0.1) is 6.92 Å². The van der Waals surface area contributed by atoms with Gasteiger partial charge in [-0.05, 0) is 37.0 Å². The Kier molecular flexibility index (Phi) is 2.91. The third-order valence-electron chi connectivity index (χ3n) is 4.29. The zero-order valence-corrected chi connectivity index (χ0v) is 11.3. The van der Waals surface area contributed by atoms with Gasteiger partial charge in [0.1, 0.15) is 13.2 Å². The minimum Gasteiger partial charge on any atom is -0.486 e. The summed E-state index contributed by atoms with van der Waals surface area (Å²) < 4.78 is 11.3. The van der Waals surface area contributed by atoms with Crippen molar-refractivity contribution in [1.82, 2.24) is 0 Å². The van der Waals surface area contributed by atoms with Gasteiger partial charge in [-0.1, -0.05) is 18.0 Å². The van der Waals surface area contributed by atoms with Crippen LogP contribution in [0.3, 0.4) is 0 Å². The van der Waals surface area contributed by atoms with Crippen LogP contribution in [0.25, 0.3) is 0 Å². The molecule has 1 heterocycles. The van der Waals surface area contributed by atoms with E-state index in [1.165, 1.54) is 12.0 Å². The minimum absolute atomic E-state index is 0.101. The smallest absolute Gasteiger partial charge is 0.180 e. The van der Waals surface area contributed by atoms with Crippen molar-refractivity contribution in [3.05, 3.63) is 22.2 Å². The van der Waals surface area contributed by atoms with Crippen molar-refractivity contribution in [3.63, 3.8) is 0 Å². The van der Waals surface area contributed by atoms with Crippen molar-refractivity contribution in [2.24, 2.45) is 5.73 Å². The van der Waals surface area contributed by atoms with Crippen LogP contribution in [0.2, 0.25) is 5.02 Å². The van der Waals surface area contributed by atoms with E-state index in [0.29, 0.717) is 30.5 Å². The van der Waals surface area contributed by atoms with Crippen LogP contribution in [0.15, 0.2) is 6.07 Å². The molecule has 0 bridgehead atoms. The number of nitrogens with two attached hydrogens (primary N) is 1. The molecule has 1 aliphatic heterocycles. The average Bonchev–Trinajstić information content (AvgIpc) is 2.35. The van der Waals surface area contributed by atoms with Gasteiger partial charge in [0.2, 0.25) is 0 Å². The Morgan fingerprint density at radius 2 is 1.94 bits per heavy atom. The second-order valence-corrected chi connectivity index (χ2v) is 5.63. The van der Waals surface area contributed by atoms with Gasteiger partial charge in [-0.25, -0.2) is 0 Å². The maximum Gasteiger partial charge on any atom is 0.180 e. The third-order valence-corrected chi connectivity index (χ3v) is 4.57. The third kappa shape index (κ3) is 1.61. The van der Waals surface area contributed by atoms with Gasteiger partial charge in [0.05, 0.1) is 5.02 Å². The second kappa shape index (κ2) is 4.32. The molecule has 0 amide bonds. The van der Waals surface area contributed by atoms with E-state index in [4.69, 9.17) is 26.8 Å². The quantitative estimate of drug-likeness (QED) is 0.896. The van der Waals surface area contributed by atoms with Crippen LogP contribution in [0.1, 0.15) is 30.4 Å². The van der Waals surface area contributed by atoms with Gasteiger partial charge in [0, 0.05) is 12.0 Å². The highest BCUT2D eigenvalue weighted by Crippen LogP contribution is 2.50. The maximum atomic E-state index is 6.32. The standard InChI is InChI=1S/C14H18ClNO2/c1-9-10(14(8-16)3-2-4-14)7-11(15)13-12(9)17-5-6-18-13/h7H,2-6,8,16H2,1H3. The van der Waals surface area contributed by atoms with E-state index in [1.807, 2.05) is 6.07 Å². The topological polar surface area (TPSA) is 44.5 Å². The lowest BCUT2D eigenvalue weighted by Crippen LogP contribution is -2.42. The van der Waals surface area contributed by atoms with Crippen molar-refractivity contribution in [3.8, 4) is 11.5 Å². The van der Waals surface area contributed by atoms with E-state index in [9.17, 15) is 0 Å². The molecule has 2 aliphatic rings. The summed E-state index contributed by atoms with van der Waals surface area (Å²) in [6.45, 7) is 3.90. The highest BCUT2D eigenvalue weighted by Gasteiger charge is 2.40. The summed E-state index contributed by atoms with van der Waals surface area (Å²) in [6.07, 6.45) is 3.52. The summed E-state index contributed by atoms with van der Waals surface area (Å²) in [4.78, 5) is 0. The van der Waals surface area contributed by atoms with Crippen LogP contribution in [-0.2, 0) is 5.41 Å². The predicted molar refractivity (Wildman–Crippen MR) is 71.8 cm³/mol. The Hall–Kier alpha value is -0.930. The molecule has 98 valence electrons. The molecule has 2 N–H and O–H groups in total. The first kappa shape index (κ1) is 12.1. The molecular formula is C14H18ClNO2. The summed E-state index contributed by atoms with van der Waals surface area (Å²) in [5, 5.41) is 0.644. The van der Waals surface area contributed by atoms with Crippen molar-refractivity contribution < 1.29 is 9.47 Å². The largest absolute Gasteiger partial charge is 0.486 e. The Morgan fingerprint density at radius 1 is 1.28 bits per heavy atom. The molecule has 0 unspecified atom stereocenters. The lowest BCUT2D eigenvalue weighted by molar-refractivity contribution is 0.168. The van der Waals surface area contributed by atoms with Gasteiger partial charge in [-0.3, -0.25) is 0 Å². The second-order valence-electron chi connectivity index (χ2n) is 5.22. The summed E-state index contributed by atoms with van der Waals surface area (Å²) in [5.74, 6) is 1.50. The fourth-order valence-electron chi connectivity index (χ4n) is 3.04. The van der Waals surface area contributed by atoms with E-state index < -0.39 is 0 Å². The van der Waals surface area contributed by atoms with Gasteiger partial charge in [-0.15, -0.1) is 0 Å². The lowest BCUT2D eigenvalue weighted by Gasteiger charge is -2.43. The van der Waals surface area contributed by atoms with E-state index in [1.54, 1.807) is 0 Å². The average molecular weight is 268 g/mol.